The molecule has 0 aromatic heterocycles. The van der Waals surface area contributed by atoms with Crippen molar-refractivity contribution in [2.45, 2.75) is 39.5 Å². The first-order valence-corrected chi connectivity index (χ1v) is 10.3. The molecule has 2 rings (SSSR count). The lowest BCUT2D eigenvalue weighted by Gasteiger charge is -2.23. The van der Waals surface area contributed by atoms with E-state index in [-0.39, 0.29) is 5.60 Å². The number of benzene rings is 2. The number of ether oxygens (including phenoxy) is 2. The van der Waals surface area contributed by atoms with Gasteiger partial charge in [-0.3, -0.25) is 4.99 Å². The maximum atomic E-state index is 6.07. The van der Waals surface area contributed by atoms with Crippen LogP contribution in [0.1, 0.15) is 31.9 Å². The Bertz CT molecular complexity index is 813. The predicted molar refractivity (Wildman–Crippen MR) is 124 cm³/mol. The van der Waals surface area contributed by atoms with Gasteiger partial charge in [-0.15, -0.1) is 0 Å². The zero-order valence-corrected chi connectivity index (χ0v) is 19.2. The summed E-state index contributed by atoms with van der Waals surface area (Å²) >= 11 is 0. The van der Waals surface area contributed by atoms with Gasteiger partial charge in [-0.2, -0.15) is 0 Å². The average Bonchev–Trinajstić information content (AvgIpc) is 2.68. The van der Waals surface area contributed by atoms with Crippen molar-refractivity contribution in [1.82, 2.24) is 15.5 Å². The molecule has 2 N–H and O–H groups in total. The van der Waals surface area contributed by atoms with E-state index in [4.69, 9.17) is 9.47 Å². The minimum Gasteiger partial charge on any atom is -0.492 e. The summed E-state index contributed by atoms with van der Waals surface area (Å²) in [5.74, 6) is 2.50. The van der Waals surface area contributed by atoms with Gasteiger partial charge in [0.2, 0.25) is 0 Å². The highest BCUT2D eigenvalue weighted by molar-refractivity contribution is 5.79. The normalized spacial score (nSPS) is 12.0. The summed E-state index contributed by atoms with van der Waals surface area (Å²) in [5.41, 5.74) is 1.98. The zero-order valence-electron chi connectivity index (χ0n) is 19.2. The molecule has 0 bridgehead atoms. The fourth-order valence-electron chi connectivity index (χ4n) is 2.76. The van der Waals surface area contributed by atoms with Crippen LogP contribution in [0.3, 0.4) is 0 Å². The lowest BCUT2D eigenvalue weighted by atomic mass is 10.1. The Morgan fingerprint density at radius 3 is 2.43 bits per heavy atom. The Morgan fingerprint density at radius 2 is 1.73 bits per heavy atom. The molecular formula is C24H36N4O2. The molecule has 0 saturated heterocycles. The van der Waals surface area contributed by atoms with E-state index >= 15 is 0 Å². The van der Waals surface area contributed by atoms with E-state index in [0.29, 0.717) is 19.7 Å². The van der Waals surface area contributed by atoms with Crippen molar-refractivity contribution in [2.75, 3.05) is 34.3 Å². The monoisotopic (exact) mass is 412 g/mol. The van der Waals surface area contributed by atoms with Gasteiger partial charge >= 0.3 is 0 Å². The van der Waals surface area contributed by atoms with Crippen LogP contribution in [0, 0.1) is 0 Å². The molecule has 0 amide bonds. The Hall–Kier alpha value is -2.73. The second kappa shape index (κ2) is 11.5. The highest BCUT2D eigenvalue weighted by Crippen LogP contribution is 2.22. The second-order valence-electron chi connectivity index (χ2n) is 8.40. The maximum Gasteiger partial charge on any atom is 0.191 e. The van der Waals surface area contributed by atoms with E-state index in [1.165, 1.54) is 0 Å². The number of guanidine groups is 1. The van der Waals surface area contributed by atoms with Gasteiger partial charge in [0, 0.05) is 32.2 Å². The van der Waals surface area contributed by atoms with Gasteiger partial charge in [-0.05, 0) is 58.6 Å². The van der Waals surface area contributed by atoms with Crippen LogP contribution in [0.15, 0.2) is 53.5 Å². The number of para-hydroxylation sites is 1. The molecule has 0 spiro atoms. The fraction of sp³-hybridized carbons (Fsp3) is 0.458. The van der Waals surface area contributed by atoms with E-state index in [9.17, 15) is 0 Å². The molecular weight excluding hydrogens is 376 g/mol. The van der Waals surface area contributed by atoms with Crippen LogP contribution >= 0.6 is 0 Å². The predicted octanol–water partition coefficient (Wildman–Crippen LogP) is 3.67. The number of rotatable bonds is 9. The first-order valence-electron chi connectivity index (χ1n) is 10.3. The highest BCUT2D eigenvalue weighted by Gasteiger charge is 2.14. The maximum absolute atomic E-state index is 6.07. The van der Waals surface area contributed by atoms with Crippen molar-refractivity contribution in [2.24, 2.45) is 4.99 Å². The Kier molecular flexibility index (Phi) is 8.99. The number of hydrogen-bond donors (Lipinski definition) is 2. The molecule has 30 heavy (non-hydrogen) atoms. The lowest BCUT2D eigenvalue weighted by molar-refractivity contribution is 0.129. The van der Waals surface area contributed by atoms with Crippen LogP contribution in [0.25, 0.3) is 0 Å². The third-order valence-electron chi connectivity index (χ3n) is 4.22. The molecule has 2 aromatic rings. The van der Waals surface area contributed by atoms with Crippen molar-refractivity contribution in [3.05, 3.63) is 59.7 Å². The standard InChI is InChI=1S/C24H36N4O2/c1-24(2,3)30-22-13-8-7-11-20(22)18-27-23(25-4)26-17-19-10-9-12-21(16-19)29-15-14-28(5)6/h7-13,16H,14-15,17-18H2,1-6H3,(H2,25,26,27). The zero-order chi connectivity index (χ0) is 22.0. The first kappa shape index (κ1) is 23.5. The summed E-state index contributed by atoms with van der Waals surface area (Å²) in [5, 5.41) is 6.73. The van der Waals surface area contributed by atoms with E-state index < -0.39 is 0 Å². The number of likely N-dealkylation sites (N-methyl/N-ethyl adjacent to an activating group) is 1. The van der Waals surface area contributed by atoms with Crippen molar-refractivity contribution >= 4 is 5.96 Å². The molecule has 0 fully saturated rings. The molecule has 0 atom stereocenters. The summed E-state index contributed by atoms with van der Waals surface area (Å²) in [4.78, 5) is 6.43. The molecule has 6 nitrogen and oxygen atoms in total. The largest absolute Gasteiger partial charge is 0.492 e. The van der Waals surface area contributed by atoms with Crippen LogP contribution in [0.2, 0.25) is 0 Å². The summed E-state index contributed by atoms with van der Waals surface area (Å²) in [6.45, 7) is 9.00. The van der Waals surface area contributed by atoms with Crippen LogP contribution < -0.4 is 20.1 Å². The van der Waals surface area contributed by atoms with E-state index in [0.717, 1.165) is 35.1 Å². The van der Waals surface area contributed by atoms with Gasteiger partial charge < -0.3 is 25.0 Å². The summed E-state index contributed by atoms with van der Waals surface area (Å²) in [7, 11) is 5.85. The third-order valence-corrected chi connectivity index (χ3v) is 4.22. The van der Waals surface area contributed by atoms with E-state index in [1.807, 2.05) is 44.4 Å². The highest BCUT2D eigenvalue weighted by atomic mass is 16.5. The molecule has 0 aliphatic rings. The molecule has 0 aliphatic heterocycles. The Morgan fingerprint density at radius 1 is 1.00 bits per heavy atom. The lowest BCUT2D eigenvalue weighted by Crippen LogP contribution is -2.36. The minimum atomic E-state index is -0.240. The number of hydrogen-bond acceptors (Lipinski definition) is 4. The van der Waals surface area contributed by atoms with Crippen molar-refractivity contribution in [3.8, 4) is 11.5 Å². The van der Waals surface area contributed by atoms with Gasteiger partial charge in [0.05, 0.1) is 0 Å². The SMILES string of the molecule is CN=C(NCc1cccc(OCCN(C)C)c1)NCc1ccccc1OC(C)(C)C. The van der Waals surface area contributed by atoms with Crippen molar-refractivity contribution in [3.63, 3.8) is 0 Å². The van der Waals surface area contributed by atoms with Gasteiger partial charge in [-0.1, -0.05) is 30.3 Å². The number of nitrogens with one attached hydrogen (secondary N) is 2. The summed E-state index contributed by atoms with van der Waals surface area (Å²) in [6, 6.07) is 16.2. The van der Waals surface area contributed by atoms with Crippen LogP contribution in [-0.4, -0.2) is 50.8 Å². The molecule has 0 heterocycles. The van der Waals surface area contributed by atoms with E-state index in [2.05, 4.69) is 59.5 Å². The molecule has 0 aliphatic carbocycles. The summed E-state index contributed by atoms with van der Waals surface area (Å²) in [6.07, 6.45) is 0. The smallest absolute Gasteiger partial charge is 0.191 e. The average molecular weight is 413 g/mol. The van der Waals surface area contributed by atoms with E-state index in [1.54, 1.807) is 7.05 Å². The molecule has 164 valence electrons. The van der Waals surface area contributed by atoms with Crippen molar-refractivity contribution in [1.29, 1.82) is 0 Å². The van der Waals surface area contributed by atoms with Gasteiger partial charge in [0.1, 0.15) is 23.7 Å². The van der Waals surface area contributed by atoms with Crippen molar-refractivity contribution < 1.29 is 9.47 Å². The number of aliphatic imine (C=N–C) groups is 1. The van der Waals surface area contributed by atoms with Gasteiger partial charge in [0.15, 0.2) is 5.96 Å². The molecule has 0 unspecified atom stereocenters. The van der Waals surface area contributed by atoms with Gasteiger partial charge in [0.25, 0.3) is 0 Å². The molecule has 0 saturated carbocycles. The molecule has 6 heteroatoms. The Balaban J connectivity index is 1.89. The van der Waals surface area contributed by atoms with Crippen LogP contribution in [-0.2, 0) is 13.1 Å². The molecule has 2 aromatic carbocycles. The minimum absolute atomic E-state index is 0.240. The first-order chi connectivity index (χ1) is 14.3. The van der Waals surface area contributed by atoms with Crippen LogP contribution in [0.5, 0.6) is 11.5 Å². The summed E-state index contributed by atoms with van der Waals surface area (Å²) < 4.78 is 11.9. The second-order valence-corrected chi connectivity index (χ2v) is 8.40. The number of nitrogens with zero attached hydrogens (tertiary/aromatic N) is 2. The third kappa shape index (κ3) is 8.74. The Labute approximate surface area is 181 Å². The molecule has 0 radical (unpaired) electrons. The quantitative estimate of drug-likeness (QED) is 0.486. The topological polar surface area (TPSA) is 58.1 Å². The van der Waals surface area contributed by atoms with Crippen LogP contribution in [0.4, 0.5) is 0 Å². The van der Waals surface area contributed by atoms with Gasteiger partial charge in [-0.25, -0.2) is 0 Å². The fourth-order valence-corrected chi connectivity index (χ4v) is 2.76.